The van der Waals surface area contributed by atoms with E-state index in [9.17, 15) is 24.0 Å². The van der Waals surface area contributed by atoms with Crippen LogP contribution in [0.3, 0.4) is 0 Å². The zero-order valence-corrected chi connectivity index (χ0v) is 19.1. The number of para-hydroxylation sites is 1. The second-order valence-electron chi connectivity index (χ2n) is 6.87. The Balaban J connectivity index is 3.37. The number of hydrogen-bond donors (Lipinski definition) is 0. The highest BCUT2D eigenvalue weighted by Crippen LogP contribution is 2.21. The molecule has 0 N–H and O–H groups in total. The molecule has 0 saturated heterocycles. The summed E-state index contributed by atoms with van der Waals surface area (Å²) in [5.41, 5.74) is 0. The molecule has 0 fully saturated rings. The minimum atomic E-state index is -1.50. The third-order valence-electron chi connectivity index (χ3n) is 3.90. The molecule has 0 aromatic heterocycles. The lowest BCUT2D eigenvalue weighted by molar-refractivity contribution is -0.204. The number of rotatable bonds is 12. The maximum atomic E-state index is 11.9. The first-order chi connectivity index (χ1) is 15.5. The molecule has 1 aromatic carbocycles. The molecule has 4 atom stereocenters. The lowest BCUT2D eigenvalue weighted by Gasteiger charge is -2.35. The van der Waals surface area contributed by atoms with E-state index in [-0.39, 0.29) is 6.61 Å². The van der Waals surface area contributed by atoms with Gasteiger partial charge >= 0.3 is 29.8 Å². The van der Waals surface area contributed by atoms with Crippen LogP contribution in [-0.4, -0.2) is 67.5 Å². The first-order valence-electron chi connectivity index (χ1n) is 9.99. The summed E-state index contributed by atoms with van der Waals surface area (Å²) in [6, 6.07) is 8.51. The number of ether oxygens (including phenoxy) is 6. The molecule has 0 saturated carbocycles. The summed E-state index contributed by atoms with van der Waals surface area (Å²) in [6.07, 6.45) is -5.64. The number of carbonyl (C=O) groups is 5. The van der Waals surface area contributed by atoms with E-state index in [1.807, 2.05) is 0 Å². The molecule has 1 aromatic rings. The van der Waals surface area contributed by atoms with Gasteiger partial charge in [-0.25, -0.2) is 0 Å². The van der Waals surface area contributed by atoms with Gasteiger partial charge < -0.3 is 28.4 Å². The first kappa shape index (κ1) is 27.4. The van der Waals surface area contributed by atoms with Crippen LogP contribution < -0.4 is 4.74 Å². The van der Waals surface area contributed by atoms with Crippen molar-refractivity contribution >= 4 is 29.8 Å². The summed E-state index contributed by atoms with van der Waals surface area (Å²) in [5, 5.41) is 0. The van der Waals surface area contributed by atoms with Crippen molar-refractivity contribution in [3.05, 3.63) is 30.3 Å². The highest BCUT2D eigenvalue weighted by Gasteiger charge is 2.44. The lowest BCUT2D eigenvalue weighted by Crippen LogP contribution is -2.54. The molecule has 0 aliphatic rings. The Morgan fingerprint density at radius 1 is 0.606 bits per heavy atom. The topological polar surface area (TPSA) is 141 Å². The third kappa shape index (κ3) is 11.0. The van der Waals surface area contributed by atoms with Crippen LogP contribution in [0.1, 0.15) is 34.6 Å². The van der Waals surface area contributed by atoms with Crippen molar-refractivity contribution in [3.8, 4) is 5.75 Å². The second kappa shape index (κ2) is 13.7. The van der Waals surface area contributed by atoms with Crippen LogP contribution in [0.25, 0.3) is 0 Å². The summed E-state index contributed by atoms with van der Waals surface area (Å²) in [4.78, 5) is 58.5. The fourth-order valence-corrected chi connectivity index (χ4v) is 2.81. The third-order valence-corrected chi connectivity index (χ3v) is 3.90. The summed E-state index contributed by atoms with van der Waals surface area (Å²) in [6.45, 7) is 4.70. The Labute approximate surface area is 191 Å². The maximum Gasteiger partial charge on any atom is 0.303 e. The van der Waals surface area contributed by atoms with Crippen molar-refractivity contribution in [2.24, 2.45) is 0 Å². The van der Waals surface area contributed by atoms with E-state index in [0.29, 0.717) is 5.75 Å². The zero-order chi connectivity index (χ0) is 25.0. The highest BCUT2D eigenvalue weighted by atomic mass is 16.6. The summed E-state index contributed by atoms with van der Waals surface area (Å²) in [5.74, 6) is -3.40. The Hall–Kier alpha value is -3.63. The average Bonchev–Trinajstić information content (AvgIpc) is 2.71. The number of esters is 5. The molecule has 1 rings (SSSR count). The van der Waals surface area contributed by atoms with Crippen LogP contribution in [0.4, 0.5) is 0 Å². The van der Waals surface area contributed by atoms with Gasteiger partial charge in [-0.15, -0.1) is 0 Å². The molecule has 0 aliphatic carbocycles. The second-order valence-corrected chi connectivity index (χ2v) is 6.87. The highest BCUT2D eigenvalue weighted by molar-refractivity contribution is 5.69. The summed E-state index contributed by atoms with van der Waals surface area (Å²) in [7, 11) is 0. The van der Waals surface area contributed by atoms with Crippen LogP contribution >= 0.6 is 0 Å². The van der Waals surface area contributed by atoms with Crippen molar-refractivity contribution in [2.45, 2.75) is 59.0 Å². The Morgan fingerprint density at radius 3 is 1.42 bits per heavy atom. The van der Waals surface area contributed by atoms with Gasteiger partial charge in [0.25, 0.3) is 0 Å². The zero-order valence-electron chi connectivity index (χ0n) is 19.1. The van der Waals surface area contributed by atoms with Gasteiger partial charge in [-0.05, 0) is 12.1 Å². The van der Waals surface area contributed by atoms with E-state index >= 15 is 0 Å². The fraction of sp³-hybridized carbons (Fsp3) is 0.500. The largest absolute Gasteiger partial charge is 0.490 e. The van der Waals surface area contributed by atoms with E-state index in [1.54, 1.807) is 30.3 Å². The maximum absolute atomic E-state index is 11.9. The molecule has 0 unspecified atom stereocenters. The van der Waals surface area contributed by atoms with Gasteiger partial charge in [0.15, 0.2) is 24.4 Å². The molecule has 0 spiro atoms. The van der Waals surface area contributed by atoms with Gasteiger partial charge in [-0.3, -0.25) is 24.0 Å². The van der Waals surface area contributed by atoms with Crippen molar-refractivity contribution in [3.63, 3.8) is 0 Å². The van der Waals surface area contributed by atoms with Gasteiger partial charge in [0.05, 0.1) is 0 Å². The quantitative estimate of drug-likeness (QED) is 0.324. The van der Waals surface area contributed by atoms with E-state index < -0.39 is 60.9 Å². The van der Waals surface area contributed by atoms with E-state index in [4.69, 9.17) is 28.4 Å². The van der Waals surface area contributed by atoms with Crippen LogP contribution in [0.2, 0.25) is 0 Å². The average molecular weight is 468 g/mol. The standard InChI is InChI=1S/C22H28O11/c1-13(23)28-11-19(30-14(2)24)21(32-16(4)26)22(33-17(5)27)20(31-15(3)25)12-29-18-9-7-6-8-10-18/h6-10,19-22H,11-12H2,1-5H3/t19-,20+,21+,22-/m1/s1. The van der Waals surface area contributed by atoms with Crippen LogP contribution in [0.5, 0.6) is 5.75 Å². The van der Waals surface area contributed by atoms with Crippen LogP contribution in [0, 0.1) is 0 Å². The van der Waals surface area contributed by atoms with Gasteiger partial charge in [-0.2, -0.15) is 0 Å². The van der Waals surface area contributed by atoms with Gasteiger partial charge in [0, 0.05) is 34.6 Å². The SMILES string of the molecule is CC(=O)OC[C@@H](OC(C)=O)[C@H](OC(C)=O)[C@H](OC(C)=O)[C@H](COc1ccccc1)OC(C)=O. The monoisotopic (exact) mass is 468 g/mol. The molecule has 0 aliphatic heterocycles. The van der Waals surface area contributed by atoms with Crippen molar-refractivity contribution < 1.29 is 52.4 Å². The molecule has 0 amide bonds. The molecule has 33 heavy (non-hydrogen) atoms. The van der Waals surface area contributed by atoms with E-state index in [0.717, 1.165) is 34.6 Å². The van der Waals surface area contributed by atoms with Crippen molar-refractivity contribution in [2.75, 3.05) is 13.2 Å². The minimum absolute atomic E-state index is 0.306. The van der Waals surface area contributed by atoms with Crippen molar-refractivity contribution in [1.82, 2.24) is 0 Å². The molecule has 11 heteroatoms. The predicted octanol–water partition coefficient (Wildman–Crippen LogP) is 1.36. The smallest absolute Gasteiger partial charge is 0.303 e. The number of hydrogen-bond acceptors (Lipinski definition) is 11. The molecule has 0 heterocycles. The Morgan fingerprint density at radius 2 is 1.03 bits per heavy atom. The minimum Gasteiger partial charge on any atom is -0.490 e. The summed E-state index contributed by atoms with van der Waals surface area (Å²) < 4.78 is 31.7. The molecule has 182 valence electrons. The van der Waals surface area contributed by atoms with Crippen LogP contribution in [-0.2, 0) is 47.7 Å². The van der Waals surface area contributed by atoms with E-state index in [1.165, 1.54) is 0 Å². The summed E-state index contributed by atoms with van der Waals surface area (Å²) >= 11 is 0. The molecular formula is C22H28O11. The fourth-order valence-electron chi connectivity index (χ4n) is 2.81. The van der Waals surface area contributed by atoms with Crippen molar-refractivity contribution in [1.29, 1.82) is 0 Å². The molecule has 11 nitrogen and oxygen atoms in total. The molecule has 0 radical (unpaired) electrons. The normalized spacial score (nSPS) is 14.0. The van der Waals surface area contributed by atoms with Crippen LogP contribution in [0.15, 0.2) is 30.3 Å². The Bertz CT molecular complexity index is 821. The van der Waals surface area contributed by atoms with E-state index in [2.05, 4.69) is 0 Å². The van der Waals surface area contributed by atoms with Gasteiger partial charge in [-0.1, -0.05) is 18.2 Å². The molecular weight excluding hydrogens is 440 g/mol. The van der Waals surface area contributed by atoms with Gasteiger partial charge in [0.2, 0.25) is 0 Å². The first-order valence-corrected chi connectivity index (χ1v) is 9.99. The van der Waals surface area contributed by atoms with Gasteiger partial charge in [0.1, 0.15) is 19.0 Å². The lowest BCUT2D eigenvalue weighted by atomic mass is 10.0. The predicted molar refractivity (Wildman–Crippen MR) is 111 cm³/mol. The molecule has 0 bridgehead atoms. The Kier molecular flexibility index (Phi) is 11.4. The number of carbonyl (C=O) groups excluding carboxylic acids is 5. The number of benzene rings is 1.